The van der Waals surface area contributed by atoms with Crippen LogP contribution in [0.4, 0.5) is 4.79 Å². The minimum Gasteiger partial charge on any atom is -0.476 e. The third-order valence-electron chi connectivity index (χ3n) is 2.48. The van der Waals surface area contributed by atoms with E-state index in [-0.39, 0.29) is 0 Å². The lowest BCUT2D eigenvalue weighted by Crippen LogP contribution is -2.24. The molecule has 0 unspecified atom stereocenters. The zero-order chi connectivity index (χ0) is 13.1. The second-order valence-corrected chi connectivity index (χ2v) is 10.0. The fourth-order valence-corrected chi connectivity index (χ4v) is 2.00. The van der Waals surface area contributed by atoms with Gasteiger partial charge in [-0.25, -0.2) is 4.79 Å². The Kier molecular flexibility index (Phi) is 4.11. The molecule has 0 bridgehead atoms. The van der Waals surface area contributed by atoms with E-state index in [1.165, 1.54) is 17.5 Å². The summed E-state index contributed by atoms with van der Waals surface area (Å²) in [4.78, 5) is 10.6. The van der Waals surface area contributed by atoms with E-state index in [0.717, 1.165) is 11.1 Å². The van der Waals surface area contributed by atoms with Gasteiger partial charge in [0.1, 0.15) is 0 Å². The number of aromatic nitrogens is 2. The number of hydrogen-bond donors (Lipinski definition) is 1. The molecule has 1 aromatic rings. The van der Waals surface area contributed by atoms with E-state index in [9.17, 15) is 4.79 Å². The molecule has 0 aliphatic rings. The predicted molar refractivity (Wildman–Crippen MR) is 68.2 cm³/mol. The van der Waals surface area contributed by atoms with Crippen LogP contribution in [0.15, 0.2) is 24.0 Å². The van der Waals surface area contributed by atoms with Crippen molar-refractivity contribution in [2.75, 3.05) is 6.61 Å². The van der Waals surface area contributed by atoms with Gasteiger partial charge in [-0.05, 0) is 6.42 Å². The molecule has 0 aliphatic heterocycles. The second kappa shape index (κ2) is 5.18. The highest BCUT2D eigenvalue weighted by Crippen LogP contribution is 2.16. The molecule has 0 radical (unpaired) electrons. The highest BCUT2D eigenvalue weighted by atomic mass is 28.3. The molecule has 6 heteroatoms. The zero-order valence-electron chi connectivity index (χ0n) is 10.4. The van der Waals surface area contributed by atoms with Gasteiger partial charge in [0.15, 0.2) is 0 Å². The average molecular weight is 254 g/mol. The summed E-state index contributed by atoms with van der Waals surface area (Å²) in [5.41, 5.74) is 0. The monoisotopic (exact) mass is 254 g/mol. The van der Waals surface area contributed by atoms with Gasteiger partial charge in [0, 0.05) is 12.3 Å². The van der Waals surface area contributed by atoms with Gasteiger partial charge in [-0.2, -0.15) is 4.68 Å². The maximum Gasteiger partial charge on any atom is 0.432 e. The third kappa shape index (κ3) is 4.07. The number of carboxylic acid groups (broad SMARTS) is 1. The van der Waals surface area contributed by atoms with Gasteiger partial charge < -0.3 is 9.84 Å². The summed E-state index contributed by atoms with van der Waals surface area (Å²) < 4.78 is 6.19. The summed E-state index contributed by atoms with van der Waals surface area (Å²) >= 11 is 0. The first-order chi connectivity index (χ1) is 7.80. The van der Waals surface area contributed by atoms with E-state index in [2.05, 4.69) is 31.3 Å². The Balaban J connectivity index is 2.41. The van der Waals surface area contributed by atoms with E-state index < -0.39 is 14.2 Å². The topological polar surface area (TPSA) is 64.3 Å². The van der Waals surface area contributed by atoms with Crippen molar-refractivity contribution >= 4 is 14.2 Å². The summed E-state index contributed by atoms with van der Waals surface area (Å²) in [5.74, 6) is 0.329. The van der Waals surface area contributed by atoms with E-state index in [1.807, 2.05) is 0 Å². The molecule has 1 rings (SSSR count). The van der Waals surface area contributed by atoms with Crippen LogP contribution in [-0.2, 0) is 0 Å². The van der Waals surface area contributed by atoms with Crippen LogP contribution >= 0.6 is 0 Å². The van der Waals surface area contributed by atoms with Gasteiger partial charge in [-0.3, -0.25) is 0 Å². The molecule has 0 atom stereocenters. The summed E-state index contributed by atoms with van der Waals surface area (Å²) in [6, 6.07) is 1.53. The molecule has 1 N–H and O–H groups in total. The van der Waals surface area contributed by atoms with Crippen molar-refractivity contribution in [3.05, 3.63) is 24.0 Å². The molecule has 0 aromatic carbocycles. The number of rotatable bonds is 5. The lowest BCUT2D eigenvalue weighted by molar-refractivity contribution is 0.191. The highest BCUT2D eigenvalue weighted by molar-refractivity contribution is 6.82. The van der Waals surface area contributed by atoms with Crippen LogP contribution in [0.2, 0.25) is 19.6 Å². The van der Waals surface area contributed by atoms with Crippen molar-refractivity contribution in [3.63, 3.8) is 0 Å². The average Bonchev–Trinajstić information content (AvgIpc) is 2.64. The summed E-state index contributed by atoms with van der Waals surface area (Å²) in [7, 11) is -1.31. The Morgan fingerprint density at radius 1 is 1.59 bits per heavy atom. The van der Waals surface area contributed by atoms with Crippen LogP contribution in [0.1, 0.15) is 6.42 Å². The van der Waals surface area contributed by atoms with Gasteiger partial charge in [-0.15, -0.1) is 11.7 Å². The van der Waals surface area contributed by atoms with E-state index in [0.29, 0.717) is 12.5 Å². The molecule has 0 spiro atoms. The number of carbonyl (C=O) groups is 1. The lowest BCUT2D eigenvalue weighted by Gasteiger charge is -2.19. The van der Waals surface area contributed by atoms with E-state index in [4.69, 9.17) is 9.84 Å². The first kappa shape index (κ1) is 13.5. The minimum absolute atomic E-state index is 0.329. The Morgan fingerprint density at radius 2 is 2.24 bits per heavy atom. The minimum atomic E-state index is -1.31. The largest absolute Gasteiger partial charge is 0.476 e. The van der Waals surface area contributed by atoms with Gasteiger partial charge in [-0.1, -0.05) is 24.8 Å². The first-order valence-corrected chi connectivity index (χ1v) is 8.91. The zero-order valence-corrected chi connectivity index (χ0v) is 11.4. The van der Waals surface area contributed by atoms with Gasteiger partial charge in [0.25, 0.3) is 0 Å². The SMILES string of the molecule is C=C(CCOc1ccn(C(=O)O)n1)[Si](C)(C)C. The maximum absolute atomic E-state index is 10.6. The molecule has 0 saturated carbocycles. The van der Waals surface area contributed by atoms with Crippen molar-refractivity contribution in [1.82, 2.24) is 9.78 Å². The Bertz CT molecular complexity index is 421. The van der Waals surface area contributed by atoms with E-state index in [1.54, 1.807) is 0 Å². The highest BCUT2D eigenvalue weighted by Gasteiger charge is 2.17. The maximum atomic E-state index is 10.6. The molecule has 0 amide bonds. The van der Waals surface area contributed by atoms with E-state index >= 15 is 0 Å². The normalized spacial score (nSPS) is 11.2. The molecular weight excluding hydrogens is 236 g/mol. The molecule has 5 nitrogen and oxygen atoms in total. The fraction of sp³-hybridized carbons (Fsp3) is 0.455. The van der Waals surface area contributed by atoms with Crippen LogP contribution in [-0.4, -0.2) is 35.7 Å². The van der Waals surface area contributed by atoms with Crippen LogP contribution in [0.5, 0.6) is 5.88 Å². The summed E-state index contributed by atoms with van der Waals surface area (Å²) in [6.07, 6.45) is 1.02. The molecular formula is C11H18N2O3Si. The van der Waals surface area contributed by atoms with Crippen LogP contribution in [0.25, 0.3) is 0 Å². The Labute approximate surface area is 102 Å². The van der Waals surface area contributed by atoms with Gasteiger partial charge in [0.2, 0.25) is 5.88 Å². The molecule has 1 heterocycles. The van der Waals surface area contributed by atoms with Crippen molar-refractivity contribution in [2.45, 2.75) is 26.1 Å². The van der Waals surface area contributed by atoms with Crippen LogP contribution in [0, 0.1) is 0 Å². The molecule has 94 valence electrons. The van der Waals surface area contributed by atoms with Crippen molar-refractivity contribution < 1.29 is 14.6 Å². The molecule has 17 heavy (non-hydrogen) atoms. The standard InChI is InChI=1S/C11H18N2O3Si/c1-9(17(2,3)4)6-8-16-10-5-7-13(12-10)11(14)15/h5,7H,1,6,8H2,2-4H3,(H,14,15). The third-order valence-corrected chi connectivity index (χ3v) is 4.85. The summed E-state index contributed by atoms with van der Waals surface area (Å²) in [5, 5.41) is 13.6. The number of hydrogen-bond acceptors (Lipinski definition) is 3. The number of nitrogens with zero attached hydrogens (tertiary/aromatic N) is 2. The van der Waals surface area contributed by atoms with Crippen molar-refractivity contribution in [1.29, 1.82) is 0 Å². The molecule has 1 aromatic heterocycles. The smallest absolute Gasteiger partial charge is 0.432 e. The quantitative estimate of drug-likeness (QED) is 0.820. The molecule has 0 aliphatic carbocycles. The lowest BCUT2D eigenvalue weighted by atomic mass is 10.4. The van der Waals surface area contributed by atoms with Crippen molar-refractivity contribution in [2.24, 2.45) is 0 Å². The first-order valence-electron chi connectivity index (χ1n) is 5.41. The van der Waals surface area contributed by atoms with Crippen molar-refractivity contribution in [3.8, 4) is 5.88 Å². The summed E-state index contributed by atoms with van der Waals surface area (Å²) in [6.45, 7) is 11.2. The molecule has 0 saturated heterocycles. The second-order valence-electron chi connectivity index (χ2n) is 4.83. The van der Waals surface area contributed by atoms with Gasteiger partial charge >= 0.3 is 6.09 Å². The Hall–Kier alpha value is -1.56. The fourth-order valence-electron chi connectivity index (χ4n) is 1.14. The van der Waals surface area contributed by atoms with Crippen LogP contribution in [0.3, 0.4) is 0 Å². The predicted octanol–water partition coefficient (Wildman–Crippen LogP) is 2.61. The van der Waals surface area contributed by atoms with Crippen LogP contribution < -0.4 is 4.74 Å². The Morgan fingerprint density at radius 3 is 2.71 bits per heavy atom. The number of ether oxygens (including phenoxy) is 1. The molecule has 0 fully saturated rings. The van der Waals surface area contributed by atoms with Gasteiger partial charge in [0.05, 0.1) is 14.7 Å².